The lowest BCUT2D eigenvalue weighted by molar-refractivity contribution is -0.121. The van der Waals surface area contributed by atoms with Gasteiger partial charge in [0.15, 0.2) is 11.7 Å². The van der Waals surface area contributed by atoms with Gasteiger partial charge in [0.2, 0.25) is 5.91 Å². The molecule has 4 aromatic rings. The van der Waals surface area contributed by atoms with Gasteiger partial charge in [0.05, 0.1) is 11.2 Å². The maximum absolute atomic E-state index is 12.1. The summed E-state index contributed by atoms with van der Waals surface area (Å²) in [6.45, 7) is 1.51. The Morgan fingerprint density at radius 3 is 2.83 bits per heavy atom. The molecule has 29 heavy (non-hydrogen) atoms. The molecule has 6 heteroatoms. The summed E-state index contributed by atoms with van der Waals surface area (Å²) in [5.41, 5.74) is 2.02. The first-order valence-corrected chi connectivity index (χ1v) is 10.1. The first-order valence-electron chi connectivity index (χ1n) is 9.71. The van der Waals surface area contributed by atoms with Gasteiger partial charge >= 0.3 is 0 Å². The van der Waals surface area contributed by atoms with Crippen LogP contribution in [0.5, 0.6) is 0 Å². The monoisotopic (exact) mass is 407 g/mol. The number of amides is 1. The molecule has 4 rings (SSSR count). The number of aryl methyl sites for hydroxylation is 2. The van der Waals surface area contributed by atoms with Crippen LogP contribution >= 0.6 is 11.6 Å². The Hall–Kier alpha value is -3.05. The van der Waals surface area contributed by atoms with Crippen molar-refractivity contribution in [1.29, 1.82) is 0 Å². The second kappa shape index (κ2) is 8.97. The molecule has 0 fully saturated rings. The van der Waals surface area contributed by atoms with Crippen molar-refractivity contribution in [3.8, 4) is 11.3 Å². The Kier molecular flexibility index (Phi) is 5.96. The van der Waals surface area contributed by atoms with Crippen molar-refractivity contribution in [1.82, 2.24) is 14.9 Å². The zero-order chi connectivity index (χ0) is 20.1. The lowest BCUT2D eigenvalue weighted by Crippen LogP contribution is -2.25. The molecule has 2 aromatic carbocycles. The Balaban J connectivity index is 1.21. The van der Waals surface area contributed by atoms with E-state index in [1.165, 1.54) is 10.9 Å². The van der Waals surface area contributed by atoms with E-state index in [2.05, 4.69) is 39.3 Å². The SMILES string of the molecule is O=C(CCc1ncc(-c2ccccc2Cl)o1)NCCCn1ccc2ccccc21. The number of oxazole rings is 1. The minimum atomic E-state index is -0.000132. The van der Waals surface area contributed by atoms with Crippen molar-refractivity contribution in [3.63, 3.8) is 0 Å². The molecule has 5 nitrogen and oxygen atoms in total. The summed E-state index contributed by atoms with van der Waals surface area (Å²) < 4.78 is 7.95. The van der Waals surface area contributed by atoms with Gasteiger partial charge in [0.25, 0.3) is 0 Å². The highest BCUT2D eigenvalue weighted by Crippen LogP contribution is 2.28. The average molecular weight is 408 g/mol. The third-order valence-electron chi connectivity index (χ3n) is 4.84. The van der Waals surface area contributed by atoms with Crippen LogP contribution in [0, 0.1) is 0 Å². The quantitative estimate of drug-likeness (QED) is 0.414. The molecule has 0 aliphatic carbocycles. The highest BCUT2D eigenvalue weighted by Gasteiger charge is 2.11. The second-order valence-electron chi connectivity index (χ2n) is 6.87. The minimum absolute atomic E-state index is 0.000132. The van der Waals surface area contributed by atoms with E-state index in [-0.39, 0.29) is 5.91 Å². The van der Waals surface area contributed by atoms with Crippen LogP contribution in [-0.2, 0) is 17.8 Å². The van der Waals surface area contributed by atoms with Crippen LogP contribution < -0.4 is 5.32 Å². The molecule has 2 aromatic heterocycles. The highest BCUT2D eigenvalue weighted by molar-refractivity contribution is 6.33. The number of aromatic nitrogens is 2. The van der Waals surface area contributed by atoms with Crippen LogP contribution in [0.25, 0.3) is 22.2 Å². The molecular formula is C23H22ClN3O2. The predicted octanol–water partition coefficient (Wildman–Crippen LogP) is 5.09. The van der Waals surface area contributed by atoms with Gasteiger partial charge in [-0.15, -0.1) is 0 Å². The number of carbonyl (C=O) groups excluding carboxylic acids is 1. The van der Waals surface area contributed by atoms with Crippen LogP contribution in [0.2, 0.25) is 5.02 Å². The predicted molar refractivity (Wildman–Crippen MR) is 115 cm³/mol. The van der Waals surface area contributed by atoms with Gasteiger partial charge in [-0.25, -0.2) is 4.98 Å². The van der Waals surface area contributed by atoms with Crippen molar-refractivity contribution >= 4 is 28.4 Å². The molecule has 0 bridgehead atoms. The first-order chi connectivity index (χ1) is 14.2. The molecule has 0 saturated carbocycles. The standard InChI is InChI=1S/C23H22ClN3O2/c24-19-8-3-2-7-18(19)21-16-26-23(29-21)11-10-22(28)25-13-5-14-27-15-12-17-6-1-4-9-20(17)27/h1-4,6-9,12,15-16H,5,10-11,13-14H2,(H,25,28). The molecular weight excluding hydrogens is 386 g/mol. The van der Waals surface area contributed by atoms with Gasteiger partial charge in [-0.05, 0) is 36.1 Å². The van der Waals surface area contributed by atoms with Gasteiger partial charge in [0, 0.05) is 43.2 Å². The van der Waals surface area contributed by atoms with Crippen LogP contribution in [0.3, 0.4) is 0 Å². The number of nitrogens with zero attached hydrogens (tertiary/aromatic N) is 2. The van der Waals surface area contributed by atoms with Gasteiger partial charge in [-0.2, -0.15) is 0 Å². The molecule has 0 atom stereocenters. The highest BCUT2D eigenvalue weighted by atomic mass is 35.5. The smallest absolute Gasteiger partial charge is 0.220 e. The molecule has 0 aliphatic heterocycles. The molecule has 0 aliphatic rings. The van der Waals surface area contributed by atoms with Crippen LogP contribution in [0.4, 0.5) is 0 Å². The number of hydrogen-bond acceptors (Lipinski definition) is 3. The summed E-state index contributed by atoms with van der Waals surface area (Å²) in [6, 6.07) is 17.9. The van der Waals surface area contributed by atoms with Crippen molar-refractivity contribution in [2.75, 3.05) is 6.54 Å². The zero-order valence-corrected chi connectivity index (χ0v) is 16.7. The van der Waals surface area contributed by atoms with Crippen molar-refractivity contribution < 1.29 is 9.21 Å². The average Bonchev–Trinajstić information content (AvgIpc) is 3.37. The molecule has 0 spiro atoms. The van der Waals surface area contributed by atoms with E-state index in [4.69, 9.17) is 16.0 Å². The summed E-state index contributed by atoms with van der Waals surface area (Å²) in [5, 5.41) is 4.82. The normalized spacial score (nSPS) is 11.1. The van der Waals surface area contributed by atoms with Gasteiger partial charge < -0.3 is 14.3 Å². The number of hydrogen-bond donors (Lipinski definition) is 1. The fourth-order valence-corrected chi connectivity index (χ4v) is 3.56. The fourth-order valence-electron chi connectivity index (χ4n) is 3.33. The third-order valence-corrected chi connectivity index (χ3v) is 5.17. The fraction of sp³-hybridized carbons (Fsp3) is 0.217. The number of carbonyl (C=O) groups is 1. The van der Waals surface area contributed by atoms with E-state index in [1.54, 1.807) is 6.20 Å². The minimum Gasteiger partial charge on any atom is -0.441 e. The van der Waals surface area contributed by atoms with Gasteiger partial charge in [-0.3, -0.25) is 4.79 Å². The summed E-state index contributed by atoms with van der Waals surface area (Å²) in [4.78, 5) is 16.4. The van der Waals surface area contributed by atoms with Crippen molar-refractivity contribution in [2.24, 2.45) is 0 Å². The number of fused-ring (bicyclic) bond motifs is 1. The molecule has 2 heterocycles. The summed E-state index contributed by atoms with van der Waals surface area (Å²) in [5.74, 6) is 1.15. The van der Waals surface area contributed by atoms with E-state index in [1.807, 2.05) is 36.4 Å². The topological polar surface area (TPSA) is 60.1 Å². The second-order valence-corrected chi connectivity index (χ2v) is 7.28. The number of halogens is 1. The molecule has 148 valence electrons. The molecule has 0 radical (unpaired) electrons. The largest absolute Gasteiger partial charge is 0.441 e. The lowest BCUT2D eigenvalue weighted by atomic mass is 10.2. The Bertz CT molecular complexity index is 1120. The maximum Gasteiger partial charge on any atom is 0.220 e. The number of para-hydroxylation sites is 1. The van der Waals surface area contributed by atoms with E-state index in [0.717, 1.165) is 18.5 Å². The number of benzene rings is 2. The van der Waals surface area contributed by atoms with E-state index >= 15 is 0 Å². The molecule has 1 N–H and O–H groups in total. The van der Waals surface area contributed by atoms with Gasteiger partial charge in [-0.1, -0.05) is 41.9 Å². The molecule has 0 unspecified atom stereocenters. The Morgan fingerprint density at radius 2 is 1.93 bits per heavy atom. The van der Waals surface area contributed by atoms with Crippen molar-refractivity contribution in [2.45, 2.75) is 25.8 Å². The Morgan fingerprint density at radius 1 is 1.10 bits per heavy atom. The van der Waals surface area contributed by atoms with E-state index in [9.17, 15) is 4.79 Å². The molecule has 1 amide bonds. The number of nitrogens with one attached hydrogen (secondary N) is 1. The van der Waals surface area contributed by atoms with Crippen LogP contribution in [0.15, 0.2) is 71.4 Å². The van der Waals surface area contributed by atoms with Crippen LogP contribution in [0.1, 0.15) is 18.7 Å². The van der Waals surface area contributed by atoms with E-state index in [0.29, 0.717) is 36.1 Å². The first kappa shape index (κ1) is 19.3. The van der Waals surface area contributed by atoms with Gasteiger partial charge in [0.1, 0.15) is 0 Å². The third kappa shape index (κ3) is 4.69. The van der Waals surface area contributed by atoms with Crippen molar-refractivity contribution in [3.05, 3.63) is 77.9 Å². The maximum atomic E-state index is 12.1. The Labute approximate surface area is 174 Å². The lowest BCUT2D eigenvalue weighted by Gasteiger charge is -2.07. The van der Waals surface area contributed by atoms with E-state index < -0.39 is 0 Å². The molecule has 0 saturated heterocycles. The summed E-state index contributed by atoms with van der Waals surface area (Å²) >= 11 is 6.18. The zero-order valence-electron chi connectivity index (χ0n) is 16.0. The number of rotatable bonds is 8. The van der Waals surface area contributed by atoms with Crippen LogP contribution in [-0.4, -0.2) is 22.0 Å². The summed E-state index contributed by atoms with van der Waals surface area (Å²) in [6.07, 6.45) is 5.41. The summed E-state index contributed by atoms with van der Waals surface area (Å²) in [7, 11) is 0.